The van der Waals surface area contributed by atoms with Crippen LogP contribution in [0.4, 0.5) is 14.5 Å². The largest absolute Gasteiger partial charge is 0.493 e. The Morgan fingerprint density at radius 1 is 1.14 bits per heavy atom. The topological polar surface area (TPSA) is 107 Å². The van der Waals surface area contributed by atoms with Crippen LogP contribution in [-0.4, -0.2) is 46.6 Å². The van der Waals surface area contributed by atoms with Crippen molar-refractivity contribution in [2.75, 3.05) is 25.3 Å². The summed E-state index contributed by atoms with van der Waals surface area (Å²) >= 11 is 4.10. The van der Waals surface area contributed by atoms with Crippen molar-refractivity contribution in [2.24, 2.45) is 7.05 Å². The van der Waals surface area contributed by atoms with Crippen LogP contribution >= 0.6 is 27.7 Å². The van der Waals surface area contributed by atoms with Crippen molar-refractivity contribution in [1.29, 1.82) is 0 Å². The van der Waals surface area contributed by atoms with E-state index in [0.29, 0.717) is 28.5 Å². The van der Waals surface area contributed by atoms with E-state index in [1.165, 1.54) is 13.2 Å². The zero-order chi connectivity index (χ0) is 26.2. The Bertz CT molecular complexity index is 1280. The van der Waals surface area contributed by atoms with Crippen LogP contribution < -0.4 is 20.1 Å². The van der Waals surface area contributed by atoms with Crippen LogP contribution in [0.5, 0.6) is 11.5 Å². The summed E-state index contributed by atoms with van der Waals surface area (Å²) in [4.78, 5) is 24.4. The zero-order valence-electron chi connectivity index (χ0n) is 19.5. The van der Waals surface area contributed by atoms with Gasteiger partial charge in [-0.15, -0.1) is 10.2 Å². The molecular weight excluding hydrogens is 560 g/mol. The number of rotatable bonds is 10. The molecular formula is C23H22BrF2N5O4S. The molecule has 36 heavy (non-hydrogen) atoms. The van der Waals surface area contributed by atoms with Gasteiger partial charge in [-0.05, 0) is 45.8 Å². The zero-order valence-corrected chi connectivity index (χ0v) is 21.9. The van der Waals surface area contributed by atoms with Crippen LogP contribution in [0, 0.1) is 11.6 Å². The highest BCUT2D eigenvalue weighted by molar-refractivity contribution is 9.10. The van der Waals surface area contributed by atoms with Crippen LogP contribution in [0.2, 0.25) is 0 Å². The summed E-state index contributed by atoms with van der Waals surface area (Å²) in [5.41, 5.74) is 0.607. The predicted octanol–water partition coefficient (Wildman–Crippen LogP) is 3.93. The molecule has 0 bridgehead atoms. The third-order valence-electron chi connectivity index (χ3n) is 4.78. The summed E-state index contributed by atoms with van der Waals surface area (Å²) in [6, 6.07) is 7.01. The molecule has 2 aromatic carbocycles. The van der Waals surface area contributed by atoms with Crippen LogP contribution in [0.3, 0.4) is 0 Å². The van der Waals surface area contributed by atoms with Gasteiger partial charge in [0.2, 0.25) is 11.8 Å². The molecule has 1 aromatic heterocycles. The van der Waals surface area contributed by atoms with E-state index in [-0.39, 0.29) is 28.4 Å². The lowest BCUT2D eigenvalue weighted by Gasteiger charge is -2.09. The molecule has 13 heteroatoms. The minimum atomic E-state index is -0.892. The van der Waals surface area contributed by atoms with E-state index in [0.717, 1.165) is 23.4 Å². The number of nitrogens with one attached hydrogen (secondary N) is 2. The average molecular weight is 582 g/mol. The number of hydrogen-bond acceptors (Lipinski definition) is 7. The number of halogens is 3. The number of aromatic nitrogens is 3. The van der Waals surface area contributed by atoms with Crippen molar-refractivity contribution in [3.05, 3.63) is 63.9 Å². The molecule has 2 amide bonds. The SMILES string of the molecule is COc1ccc(/C=C/C(=O)NCc2nnc(SCC(=O)Nc3c(F)cc(F)cc3Br)n2C)cc1OC. The van der Waals surface area contributed by atoms with E-state index >= 15 is 0 Å². The van der Waals surface area contributed by atoms with Gasteiger partial charge in [0.15, 0.2) is 28.3 Å². The highest BCUT2D eigenvalue weighted by atomic mass is 79.9. The van der Waals surface area contributed by atoms with Crippen LogP contribution in [0.15, 0.2) is 46.0 Å². The molecule has 2 N–H and O–H groups in total. The van der Waals surface area contributed by atoms with E-state index in [2.05, 4.69) is 36.8 Å². The maximum absolute atomic E-state index is 13.9. The first kappa shape index (κ1) is 27.1. The lowest BCUT2D eigenvalue weighted by atomic mass is 10.2. The number of carbonyl (C=O) groups is 2. The third-order valence-corrected chi connectivity index (χ3v) is 6.43. The van der Waals surface area contributed by atoms with Gasteiger partial charge in [0.05, 0.1) is 32.2 Å². The maximum atomic E-state index is 13.9. The molecule has 0 atom stereocenters. The Hall–Kier alpha value is -3.45. The lowest BCUT2D eigenvalue weighted by molar-refractivity contribution is -0.116. The predicted molar refractivity (Wildman–Crippen MR) is 135 cm³/mol. The van der Waals surface area contributed by atoms with E-state index in [4.69, 9.17) is 9.47 Å². The van der Waals surface area contributed by atoms with Crippen LogP contribution in [-0.2, 0) is 23.2 Å². The summed E-state index contributed by atoms with van der Waals surface area (Å²) in [5.74, 6) is -0.985. The van der Waals surface area contributed by atoms with Gasteiger partial charge >= 0.3 is 0 Å². The molecule has 0 saturated carbocycles. The first-order valence-corrected chi connectivity index (χ1v) is 12.1. The van der Waals surface area contributed by atoms with E-state index in [1.807, 2.05) is 0 Å². The molecule has 9 nitrogen and oxygen atoms in total. The number of amides is 2. The van der Waals surface area contributed by atoms with E-state index < -0.39 is 17.5 Å². The molecule has 1 heterocycles. The molecule has 0 unspecified atom stereocenters. The fraction of sp³-hybridized carbons (Fsp3) is 0.217. The van der Waals surface area contributed by atoms with Gasteiger partial charge < -0.3 is 24.7 Å². The van der Waals surface area contributed by atoms with Gasteiger partial charge in [0, 0.05) is 23.7 Å². The summed E-state index contributed by atoms with van der Waals surface area (Å²) < 4.78 is 39.3. The van der Waals surface area contributed by atoms with Crippen molar-refractivity contribution >= 4 is 51.3 Å². The second-order valence-electron chi connectivity index (χ2n) is 7.20. The minimum Gasteiger partial charge on any atom is -0.493 e. The summed E-state index contributed by atoms with van der Waals surface area (Å²) in [6.07, 6.45) is 3.01. The van der Waals surface area contributed by atoms with Crippen LogP contribution in [0.1, 0.15) is 11.4 Å². The first-order valence-electron chi connectivity index (χ1n) is 10.3. The number of benzene rings is 2. The number of carbonyl (C=O) groups excluding carboxylic acids is 2. The number of nitrogens with zero attached hydrogens (tertiary/aromatic N) is 3. The van der Waals surface area contributed by atoms with Gasteiger partial charge in [-0.25, -0.2) is 8.78 Å². The van der Waals surface area contributed by atoms with Gasteiger partial charge in [-0.2, -0.15) is 0 Å². The van der Waals surface area contributed by atoms with Crippen molar-refractivity contribution in [3.63, 3.8) is 0 Å². The number of hydrogen-bond donors (Lipinski definition) is 2. The Kier molecular flexibility index (Phi) is 9.42. The molecule has 0 aliphatic carbocycles. The van der Waals surface area contributed by atoms with Gasteiger partial charge in [0.1, 0.15) is 5.82 Å². The molecule has 0 radical (unpaired) electrons. The Morgan fingerprint density at radius 3 is 2.58 bits per heavy atom. The number of anilines is 1. The molecule has 190 valence electrons. The van der Waals surface area contributed by atoms with E-state index in [9.17, 15) is 18.4 Å². The normalized spacial score (nSPS) is 10.9. The molecule has 0 fully saturated rings. The van der Waals surface area contributed by atoms with Crippen molar-refractivity contribution in [1.82, 2.24) is 20.1 Å². The molecule has 3 rings (SSSR count). The standard InChI is InChI=1S/C23H22BrF2N5O4S/c1-31-19(11-27-20(32)7-5-13-4-6-17(34-2)18(8-13)35-3)29-30-23(31)36-12-21(33)28-22-15(24)9-14(25)10-16(22)26/h4-10H,11-12H2,1-3H3,(H,27,32)(H,28,33)/b7-5+. The number of ether oxygens (including phenoxy) is 2. The fourth-order valence-electron chi connectivity index (χ4n) is 2.95. The smallest absolute Gasteiger partial charge is 0.244 e. The molecule has 0 saturated heterocycles. The van der Waals surface area contributed by atoms with Crippen molar-refractivity contribution in [3.8, 4) is 11.5 Å². The number of methoxy groups -OCH3 is 2. The molecule has 0 spiro atoms. The fourth-order valence-corrected chi connectivity index (χ4v) is 4.18. The Balaban J connectivity index is 1.52. The minimum absolute atomic E-state index is 0.0876. The lowest BCUT2D eigenvalue weighted by Crippen LogP contribution is -2.22. The quantitative estimate of drug-likeness (QED) is 0.276. The van der Waals surface area contributed by atoms with Crippen LogP contribution in [0.25, 0.3) is 6.08 Å². The van der Waals surface area contributed by atoms with Crippen molar-refractivity contribution < 1.29 is 27.8 Å². The van der Waals surface area contributed by atoms with Gasteiger partial charge in [-0.3, -0.25) is 9.59 Å². The van der Waals surface area contributed by atoms with Gasteiger partial charge in [-0.1, -0.05) is 17.8 Å². The monoisotopic (exact) mass is 581 g/mol. The second kappa shape index (κ2) is 12.5. The third kappa shape index (κ3) is 7.04. The molecule has 0 aliphatic heterocycles. The molecule has 3 aromatic rings. The number of thioether (sulfide) groups is 1. The maximum Gasteiger partial charge on any atom is 0.244 e. The Morgan fingerprint density at radius 2 is 1.89 bits per heavy atom. The van der Waals surface area contributed by atoms with Gasteiger partial charge in [0.25, 0.3) is 0 Å². The Labute approximate surface area is 218 Å². The highest BCUT2D eigenvalue weighted by Gasteiger charge is 2.15. The summed E-state index contributed by atoms with van der Waals surface area (Å²) in [7, 11) is 4.76. The summed E-state index contributed by atoms with van der Waals surface area (Å²) in [6.45, 7) is 0.110. The van der Waals surface area contributed by atoms with E-state index in [1.54, 1.807) is 43.0 Å². The first-order chi connectivity index (χ1) is 17.2. The van der Waals surface area contributed by atoms with Crippen molar-refractivity contribution in [2.45, 2.75) is 11.7 Å². The highest BCUT2D eigenvalue weighted by Crippen LogP contribution is 2.28. The average Bonchev–Trinajstić information content (AvgIpc) is 3.21. The summed E-state index contributed by atoms with van der Waals surface area (Å²) in [5, 5.41) is 13.6. The molecule has 0 aliphatic rings. The second-order valence-corrected chi connectivity index (χ2v) is 9.00.